The summed E-state index contributed by atoms with van der Waals surface area (Å²) < 4.78 is 17.0. The van der Waals surface area contributed by atoms with Gasteiger partial charge >= 0.3 is 0 Å². The van der Waals surface area contributed by atoms with E-state index in [2.05, 4.69) is 12.2 Å². The smallest absolute Gasteiger partial charge is 0.259 e. The van der Waals surface area contributed by atoms with Crippen LogP contribution >= 0.6 is 0 Å². The Hall–Kier alpha value is -3.47. The Morgan fingerprint density at radius 2 is 1.37 bits per heavy atom. The molecule has 0 aliphatic rings. The van der Waals surface area contributed by atoms with Crippen molar-refractivity contribution < 1.29 is 19.0 Å². The molecule has 1 amide bonds. The van der Waals surface area contributed by atoms with E-state index in [1.165, 1.54) is 0 Å². The van der Waals surface area contributed by atoms with Crippen LogP contribution in [0.3, 0.4) is 0 Å². The van der Waals surface area contributed by atoms with Crippen molar-refractivity contribution >= 4 is 11.6 Å². The SMILES string of the molecule is CCCCOc1ccccc1C(=O)Nc1ccc(OCCOc2ccccc2)cc1. The molecule has 0 heterocycles. The lowest BCUT2D eigenvalue weighted by Crippen LogP contribution is -2.14. The largest absolute Gasteiger partial charge is 0.493 e. The molecule has 5 nitrogen and oxygen atoms in total. The topological polar surface area (TPSA) is 56.8 Å². The average Bonchev–Trinajstić information content (AvgIpc) is 2.79. The quantitative estimate of drug-likeness (QED) is 0.423. The van der Waals surface area contributed by atoms with Crippen LogP contribution < -0.4 is 19.5 Å². The van der Waals surface area contributed by atoms with Gasteiger partial charge in [0.2, 0.25) is 0 Å². The number of unbranched alkanes of at least 4 members (excludes halogenated alkanes) is 1. The predicted molar refractivity (Wildman–Crippen MR) is 119 cm³/mol. The van der Waals surface area contributed by atoms with Crippen LogP contribution in [0.1, 0.15) is 30.1 Å². The first-order valence-electron chi connectivity index (χ1n) is 10.2. The van der Waals surface area contributed by atoms with E-state index in [1.54, 1.807) is 6.07 Å². The maximum atomic E-state index is 12.7. The molecule has 0 radical (unpaired) electrons. The highest BCUT2D eigenvalue weighted by molar-refractivity contribution is 6.06. The van der Waals surface area contributed by atoms with Gasteiger partial charge in [-0.05, 0) is 55.0 Å². The Morgan fingerprint density at radius 3 is 2.07 bits per heavy atom. The molecule has 3 rings (SSSR count). The summed E-state index contributed by atoms with van der Waals surface area (Å²) in [6.45, 7) is 3.59. The fourth-order valence-electron chi connectivity index (χ4n) is 2.78. The second-order valence-electron chi connectivity index (χ2n) is 6.69. The molecule has 3 aromatic carbocycles. The number of hydrogen-bond donors (Lipinski definition) is 1. The van der Waals surface area contributed by atoms with Crippen LogP contribution in [0.2, 0.25) is 0 Å². The fourth-order valence-corrected chi connectivity index (χ4v) is 2.78. The molecule has 0 aliphatic heterocycles. The maximum absolute atomic E-state index is 12.7. The van der Waals surface area contributed by atoms with Crippen LogP contribution in [0.5, 0.6) is 17.2 Å². The van der Waals surface area contributed by atoms with Gasteiger partial charge in [-0.25, -0.2) is 0 Å². The zero-order valence-corrected chi connectivity index (χ0v) is 17.2. The number of benzene rings is 3. The summed E-state index contributed by atoms with van der Waals surface area (Å²) in [5.74, 6) is 1.93. The third-order valence-corrected chi connectivity index (χ3v) is 4.36. The Balaban J connectivity index is 1.49. The van der Waals surface area contributed by atoms with Crippen molar-refractivity contribution in [2.45, 2.75) is 19.8 Å². The van der Waals surface area contributed by atoms with Gasteiger partial charge in [0.15, 0.2) is 0 Å². The molecule has 0 saturated carbocycles. The lowest BCUT2D eigenvalue weighted by molar-refractivity contribution is 0.102. The highest BCUT2D eigenvalue weighted by atomic mass is 16.5. The van der Waals surface area contributed by atoms with Crippen LogP contribution in [-0.4, -0.2) is 25.7 Å². The number of hydrogen-bond acceptors (Lipinski definition) is 4. The van der Waals surface area contributed by atoms with Crippen LogP contribution in [0.15, 0.2) is 78.9 Å². The molecule has 156 valence electrons. The Morgan fingerprint density at radius 1 is 0.733 bits per heavy atom. The van der Waals surface area contributed by atoms with Gasteiger partial charge in [0.1, 0.15) is 30.5 Å². The van der Waals surface area contributed by atoms with E-state index in [0.717, 1.165) is 18.6 Å². The Labute approximate surface area is 177 Å². The van der Waals surface area contributed by atoms with Crippen molar-refractivity contribution in [2.24, 2.45) is 0 Å². The second-order valence-corrected chi connectivity index (χ2v) is 6.69. The standard InChI is InChI=1S/C25H27NO4/c1-2-3-17-30-24-12-8-7-11-23(24)25(27)26-20-13-15-22(16-14-20)29-19-18-28-21-9-5-4-6-10-21/h4-16H,2-3,17-19H2,1H3,(H,26,27). The summed E-state index contributed by atoms with van der Waals surface area (Å²) in [6.07, 6.45) is 2.00. The van der Waals surface area contributed by atoms with E-state index < -0.39 is 0 Å². The zero-order chi connectivity index (χ0) is 21.0. The molecule has 1 N–H and O–H groups in total. The Kier molecular flexibility index (Phi) is 8.15. The highest BCUT2D eigenvalue weighted by Crippen LogP contribution is 2.21. The number of ether oxygens (including phenoxy) is 3. The summed E-state index contributed by atoms with van der Waals surface area (Å²) in [5.41, 5.74) is 1.21. The molecule has 0 fully saturated rings. The summed E-state index contributed by atoms with van der Waals surface area (Å²) in [6, 6.07) is 24.2. The summed E-state index contributed by atoms with van der Waals surface area (Å²) in [7, 11) is 0. The van der Waals surface area contributed by atoms with Crippen molar-refractivity contribution in [3.05, 3.63) is 84.4 Å². The number of rotatable bonds is 11. The van der Waals surface area contributed by atoms with Gasteiger partial charge in [-0.15, -0.1) is 0 Å². The lowest BCUT2D eigenvalue weighted by atomic mass is 10.2. The number of anilines is 1. The molecule has 0 atom stereocenters. The molecule has 0 unspecified atom stereocenters. The number of nitrogens with one attached hydrogen (secondary N) is 1. The number of carbonyl (C=O) groups excluding carboxylic acids is 1. The molecular weight excluding hydrogens is 378 g/mol. The molecule has 0 bridgehead atoms. The number of amides is 1. The van der Waals surface area contributed by atoms with E-state index in [9.17, 15) is 4.79 Å². The second kappa shape index (κ2) is 11.5. The normalized spacial score (nSPS) is 10.3. The van der Waals surface area contributed by atoms with Gasteiger partial charge in [-0.3, -0.25) is 4.79 Å². The number of para-hydroxylation sites is 2. The van der Waals surface area contributed by atoms with Crippen molar-refractivity contribution in [1.82, 2.24) is 0 Å². The molecule has 30 heavy (non-hydrogen) atoms. The third kappa shape index (κ3) is 6.55. The average molecular weight is 405 g/mol. The molecule has 5 heteroatoms. The van der Waals surface area contributed by atoms with Crippen molar-refractivity contribution in [3.63, 3.8) is 0 Å². The van der Waals surface area contributed by atoms with E-state index in [4.69, 9.17) is 14.2 Å². The fraction of sp³-hybridized carbons (Fsp3) is 0.240. The molecule has 0 saturated heterocycles. The zero-order valence-electron chi connectivity index (χ0n) is 17.2. The van der Waals surface area contributed by atoms with Crippen molar-refractivity contribution in [3.8, 4) is 17.2 Å². The molecule has 3 aromatic rings. The van der Waals surface area contributed by atoms with E-state index in [1.807, 2.05) is 72.8 Å². The third-order valence-electron chi connectivity index (χ3n) is 4.36. The van der Waals surface area contributed by atoms with Gasteiger partial charge in [-0.1, -0.05) is 43.7 Å². The lowest BCUT2D eigenvalue weighted by Gasteiger charge is -2.12. The summed E-state index contributed by atoms with van der Waals surface area (Å²) >= 11 is 0. The van der Waals surface area contributed by atoms with Crippen LogP contribution in [-0.2, 0) is 0 Å². The van der Waals surface area contributed by atoms with Gasteiger partial charge in [-0.2, -0.15) is 0 Å². The van der Waals surface area contributed by atoms with Crippen LogP contribution in [0, 0.1) is 0 Å². The highest BCUT2D eigenvalue weighted by Gasteiger charge is 2.12. The van der Waals surface area contributed by atoms with Gasteiger partial charge in [0, 0.05) is 5.69 Å². The summed E-state index contributed by atoms with van der Waals surface area (Å²) in [5, 5.41) is 2.91. The molecular formula is C25H27NO4. The monoisotopic (exact) mass is 405 g/mol. The molecule has 0 aromatic heterocycles. The van der Waals surface area contributed by atoms with Crippen LogP contribution in [0.4, 0.5) is 5.69 Å². The Bertz CT molecular complexity index is 910. The van der Waals surface area contributed by atoms with Crippen molar-refractivity contribution in [1.29, 1.82) is 0 Å². The predicted octanol–water partition coefficient (Wildman–Crippen LogP) is 5.58. The first-order chi connectivity index (χ1) is 14.8. The molecule has 0 spiro atoms. The minimum absolute atomic E-state index is 0.202. The number of carbonyl (C=O) groups is 1. The first kappa shape index (κ1) is 21.2. The maximum Gasteiger partial charge on any atom is 0.259 e. The minimum atomic E-state index is -0.202. The molecule has 0 aliphatic carbocycles. The van der Waals surface area contributed by atoms with E-state index >= 15 is 0 Å². The first-order valence-corrected chi connectivity index (χ1v) is 10.2. The van der Waals surface area contributed by atoms with Gasteiger partial charge in [0.05, 0.1) is 12.2 Å². The van der Waals surface area contributed by atoms with E-state index in [0.29, 0.717) is 42.6 Å². The van der Waals surface area contributed by atoms with E-state index in [-0.39, 0.29) is 5.91 Å². The van der Waals surface area contributed by atoms with Crippen molar-refractivity contribution in [2.75, 3.05) is 25.1 Å². The minimum Gasteiger partial charge on any atom is -0.493 e. The van der Waals surface area contributed by atoms with Crippen LogP contribution in [0.25, 0.3) is 0 Å². The van der Waals surface area contributed by atoms with Gasteiger partial charge in [0.25, 0.3) is 5.91 Å². The summed E-state index contributed by atoms with van der Waals surface area (Å²) in [4.78, 5) is 12.7. The van der Waals surface area contributed by atoms with Gasteiger partial charge < -0.3 is 19.5 Å².